The van der Waals surface area contributed by atoms with E-state index in [1.54, 1.807) is 0 Å². The van der Waals surface area contributed by atoms with Crippen LogP contribution in [0.25, 0.3) is 0 Å². The summed E-state index contributed by atoms with van der Waals surface area (Å²) >= 11 is 0. The highest BCUT2D eigenvalue weighted by molar-refractivity contribution is 6.71. The van der Waals surface area contributed by atoms with Crippen molar-refractivity contribution in [3.8, 4) is 0 Å². The Morgan fingerprint density at radius 2 is 1.45 bits per heavy atom. The number of hydrogen-bond acceptors (Lipinski definition) is 1. The third-order valence-electron chi connectivity index (χ3n) is 3.88. The smallest absolute Gasteiger partial charge is 0.190 e. The van der Waals surface area contributed by atoms with E-state index in [0.29, 0.717) is 6.10 Å². The van der Waals surface area contributed by atoms with Gasteiger partial charge in [-0.15, -0.1) is 6.58 Å². The Balaban J connectivity index is 3.98. The van der Waals surface area contributed by atoms with Gasteiger partial charge in [0.2, 0.25) is 0 Å². The number of rotatable bonds is 14. The predicted molar refractivity (Wildman–Crippen MR) is 94.9 cm³/mol. The van der Waals surface area contributed by atoms with Gasteiger partial charge in [-0.3, -0.25) is 0 Å². The molecule has 20 heavy (non-hydrogen) atoms. The molecule has 0 bridgehead atoms. The first-order valence-electron chi connectivity index (χ1n) is 8.84. The largest absolute Gasteiger partial charge is 0.414 e. The SMILES string of the molecule is C=CC[Si](C)(C)OC(CCCC)CCCCCCCC. The van der Waals surface area contributed by atoms with Crippen LogP contribution in [0.2, 0.25) is 19.1 Å². The molecule has 0 heterocycles. The van der Waals surface area contributed by atoms with Gasteiger partial charge in [0.1, 0.15) is 0 Å². The minimum absolute atomic E-state index is 0.503. The molecule has 2 heteroatoms. The maximum Gasteiger partial charge on any atom is 0.190 e. The van der Waals surface area contributed by atoms with Crippen LogP contribution in [-0.2, 0) is 4.43 Å². The van der Waals surface area contributed by atoms with Crippen LogP contribution in [0.15, 0.2) is 12.7 Å². The maximum absolute atomic E-state index is 6.48. The maximum atomic E-state index is 6.48. The van der Waals surface area contributed by atoms with Crippen LogP contribution in [0.3, 0.4) is 0 Å². The molecule has 0 rings (SSSR count). The van der Waals surface area contributed by atoms with Crippen LogP contribution in [0.5, 0.6) is 0 Å². The molecule has 0 aromatic carbocycles. The van der Waals surface area contributed by atoms with Crippen LogP contribution < -0.4 is 0 Å². The Labute approximate surface area is 129 Å². The zero-order valence-corrected chi connectivity index (χ0v) is 15.5. The molecule has 0 saturated heterocycles. The van der Waals surface area contributed by atoms with E-state index in [4.69, 9.17) is 4.43 Å². The Morgan fingerprint density at radius 3 is 2.05 bits per heavy atom. The third-order valence-corrected chi connectivity index (χ3v) is 6.12. The molecule has 0 amide bonds. The van der Waals surface area contributed by atoms with Crippen molar-refractivity contribution in [3.05, 3.63) is 12.7 Å². The molecule has 120 valence electrons. The molecule has 0 radical (unpaired) electrons. The normalized spacial score (nSPS) is 13.4. The molecular formula is C18H38OSi. The molecule has 1 atom stereocenters. The second kappa shape index (κ2) is 12.6. The van der Waals surface area contributed by atoms with Crippen LogP contribution in [0.4, 0.5) is 0 Å². The summed E-state index contributed by atoms with van der Waals surface area (Å²) in [7, 11) is -1.52. The highest BCUT2D eigenvalue weighted by Gasteiger charge is 2.24. The minimum atomic E-state index is -1.52. The third kappa shape index (κ3) is 11.7. The Morgan fingerprint density at radius 1 is 0.900 bits per heavy atom. The molecule has 1 nitrogen and oxygen atoms in total. The summed E-state index contributed by atoms with van der Waals surface area (Å²) in [5, 5.41) is 0. The Kier molecular flexibility index (Phi) is 12.6. The van der Waals surface area contributed by atoms with Crippen molar-refractivity contribution < 1.29 is 4.43 Å². The molecule has 0 aromatic rings. The lowest BCUT2D eigenvalue weighted by atomic mass is 10.0. The topological polar surface area (TPSA) is 9.23 Å². The molecule has 0 aliphatic carbocycles. The van der Waals surface area contributed by atoms with Crippen LogP contribution in [0, 0.1) is 0 Å². The molecule has 0 aliphatic heterocycles. The minimum Gasteiger partial charge on any atom is -0.414 e. The highest BCUT2D eigenvalue weighted by Crippen LogP contribution is 2.21. The molecule has 0 N–H and O–H groups in total. The van der Waals surface area contributed by atoms with Crippen LogP contribution >= 0.6 is 0 Å². The average Bonchev–Trinajstić information content (AvgIpc) is 2.39. The molecular weight excluding hydrogens is 260 g/mol. The lowest BCUT2D eigenvalue weighted by Gasteiger charge is -2.29. The molecule has 0 spiro atoms. The van der Waals surface area contributed by atoms with E-state index in [1.807, 2.05) is 6.08 Å². The van der Waals surface area contributed by atoms with E-state index in [1.165, 1.54) is 64.2 Å². The lowest BCUT2D eigenvalue weighted by Crippen LogP contribution is -2.35. The average molecular weight is 299 g/mol. The fraction of sp³-hybridized carbons (Fsp3) is 0.889. The van der Waals surface area contributed by atoms with Gasteiger partial charge in [-0.05, 0) is 32.0 Å². The van der Waals surface area contributed by atoms with Gasteiger partial charge in [0.05, 0.1) is 0 Å². The van der Waals surface area contributed by atoms with Gasteiger partial charge in [-0.2, -0.15) is 0 Å². The van der Waals surface area contributed by atoms with Crippen LogP contribution in [0.1, 0.15) is 78.1 Å². The number of hydrogen-bond donors (Lipinski definition) is 0. The van der Waals surface area contributed by atoms with Crippen molar-refractivity contribution in [1.29, 1.82) is 0 Å². The van der Waals surface area contributed by atoms with Crippen molar-refractivity contribution in [2.45, 2.75) is 103 Å². The zero-order valence-electron chi connectivity index (χ0n) is 14.5. The van der Waals surface area contributed by atoms with Gasteiger partial charge >= 0.3 is 0 Å². The number of unbranched alkanes of at least 4 members (excludes halogenated alkanes) is 6. The van der Waals surface area contributed by atoms with E-state index in [9.17, 15) is 0 Å². The summed E-state index contributed by atoms with van der Waals surface area (Å²) in [6.07, 6.45) is 15.9. The summed E-state index contributed by atoms with van der Waals surface area (Å²) in [5.74, 6) is 0. The van der Waals surface area contributed by atoms with Gasteiger partial charge in [-0.25, -0.2) is 0 Å². The van der Waals surface area contributed by atoms with Gasteiger partial charge in [0, 0.05) is 6.10 Å². The van der Waals surface area contributed by atoms with Gasteiger partial charge in [0.25, 0.3) is 0 Å². The van der Waals surface area contributed by atoms with Crippen LogP contribution in [-0.4, -0.2) is 14.4 Å². The van der Waals surface area contributed by atoms with E-state index in [2.05, 4.69) is 33.5 Å². The first-order valence-corrected chi connectivity index (χ1v) is 12.0. The molecule has 0 saturated carbocycles. The van der Waals surface area contributed by atoms with Crippen molar-refractivity contribution in [2.75, 3.05) is 0 Å². The lowest BCUT2D eigenvalue weighted by molar-refractivity contribution is 0.165. The fourth-order valence-corrected chi connectivity index (χ4v) is 4.62. The quantitative estimate of drug-likeness (QED) is 0.197. The predicted octanol–water partition coefficient (Wildman–Crippen LogP) is 6.70. The molecule has 0 fully saturated rings. The summed E-state index contributed by atoms with van der Waals surface area (Å²) in [5.41, 5.74) is 0. The number of allylic oxidation sites excluding steroid dienone is 1. The van der Waals surface area contributed by atoms with Crippen molar-refractivity contribution in [1.82, 2.24) is 0 Å². The fourth-order valence-electron chi connectivity index (χ4n) is 2.69. The second-order valence-corrected chi connectivity index (χ2v) is 10.9. The van der Waals surface area contributed by atoms with Crippen molar-refractivity contribution in [2.24, 2.45) is 0 Å². The monoisotopic (exact) mass is 298 g/mol. The van der Waals surface area contributed by atoms with Crippen molar-refractivity contribution in [3.63, 3.8) is 0 Å². The van der Waals surface area contributed by atoms with E-state index in [-0.39, 0.29) is 0 Å². The van der Waals surface area contributed by atoms with Gasteiger partial charge in [-0.1, -0.05) is 71.3 Å². The summed E-state index contributed by atoms with van der Waals surface area (Å²) in [6.45, 7) is 13.1. The molecule has 0 aromatic heterocycles. The summed E-state index contributed by atoms with van der Waals surface area (Å²) < 4.78 is 6.48. The highest BCUT2D eigenvalue weighted by atomic mass is 28.4. The Bertz CT molecular complexity index is 225. The summed E-state index contributed by atoms with van der Waals surface area (Å²) in [4.78, 5) is 0. The van der Waals surface area contributed by atoms with Gasteiger partial charge in [0.15, 0.2) is 8.32 Å². The first-order chi connectivity index (χ1) is 9.55. The van der Waals surface area contributed by atoms with E-state index < -0.39 is 8.32 Å². The van der Waals surface area contributed by atoms with E-state index in [0.717, 1.165) is 6.04 Å². The Hall–Kier alpha value is -0.0831. The zero-order chi connectivity index (χ0) is 15.3. The van der Waals surface area contributed by atoms with Gasteiger partial charge < -0.3 is 4.43 Å². The molecule has 1 unspecified atom stereocenters. The standard InChI is InChI=1S/C18H38OSi/c1-6-9-11-12-13-14-16-18(15-10-7-2)19-20(4,5)17-8-3/h8,18H,3,6-7,9-17H2,1-2,4-5H3. The molecule has 0 aliphatic rings. The summed E-state index contributed by atoms with van der Waals surface area (Å²) in [6, 6.07) is 1.08. The van der Waals surface area contributed by atoms with E-state index >= 15 is 0 Å². The first kappa shape index (κ1) is 19.9. The van der Waals surface area contributed by atoms with Crippen molar-refractivity contribution >= 4 is 8.32 Å². The second-order valence-electron chi connectivity index (χ2n) is 6.69.